The first kappa shape index (κ1) is 21.6. The quantitative estimate of drug-likeness (QED) is 0.403. The van der Waals surface area contributed by atoms with Gasteiger partial charge < -0.3 is 20.4 Å². The zero-order valence-corrected chi connectivity index (χ0v) is 15.2. The topological polar surface area (TPSA) is 168 Å². The van der Waals surface area contributed by atoms with Crippen molar-refractivity contribution in [1.82, 2.24) is 0 Å². The number of benzene rings is 2. The number of carboxylic acids is 2. The van der Waals surface area contributed by atoms with Crippen molar-refractivity contribution in [3.63, 3.8) is 0 Å². The van der Waals surface area contributed by atoms with Crippen LogP contribution < -0.4 is 0 Å². The summed E-state index contributed by atoms with van der Waals surface area (Å²) < 4.78 is 0. The van der Waals surface area contributed by atoms with Gasteiger partial charge in [-0.2, -0.15) is 5.26 Å². The van der Waals surface area contributed by atoms with Gasteiger partial charge in [-0.1, -0.05) is 0 Å². The molecule has 0 saturated carbocycles. The lowest BCUT2D eigenvalue weighted by atomic mass is 10.1. The third-order valence-corrected chi connectivity index (χ3v) is 3.84. The molecule has 0 aliphatic heterocycles. The molecule has 30 heavy (non-hydrogen) atoms. The lowest BCUT2D eigenvalue weighted by Crippen LogP contribution is -2.18. The van der Waals surface area contributed by atoms with Crippen LogP contribution in [0.25, 0.3) is 4.85 Å². The predicted octanol–water partition coefficient (Wildman–Crippen LogP) is 2.17. The Hall–Kier alpha value is -4.70. The fourth-order valence-corrected chi connectivity index (χ4v) is 2.26. The van der Waals surface area contributed by atoms with Gasteiger partial charge in [-0.05, 0) is 36.4 Å². The second-order valence-electron chi connectivity index (χ2n) is 5.83. The molecule has 2 rings (SSSR count). The van der Waals surface area contributed by atoms with Crippen LogP contribution in [0.4, 0.5) is 0 Å². The van der Waals surface area contributed by atoms with Gasteiger partial charge in [-0.15, -0.1) is 0 Å². The lowest BCUT2D eigenvalue weighted by Gasteiger charge is -2.05. The van der Waals surface area contributed by atoms with E-state index in [0.29, 0.717) is 0 Å². The van der Waals surface area contributed by atoms with Gasteiger partial charge in [0, 0.05) is 23.6 Å². The first-order valence-corrected chi connectivity index (χ1v) is 8.22. The molecule has 10 heteroatoms. The Labute approximate surface area is 170 Å². The van der Waals surface area contributed by atoms with E-state index in [9.17, 15) is 25.1 Å². The van der Waals surface area contributed by atoms with Crippen LogP contribution >= 0.6 is 0 Å². The highest BCUT2D eigenvalue weighted by atomic mass is 16.4. The number of carbonyl (C=O) groups is 2. The third-order valence-electron chi connectivity index (χ3n) is 3.84. The fraction of sp³-hybridized carbons (Fsp3) is 0.100. The van der Waals surface area contributed by atoms with Gasteiger partial charge in [-0.25, -0.2) is 21.2 Å². The summed E-state index contributed by atoms with van der Waals surface area (Å²) in [7, 11) is 0. The lowest BCUT2D eigenvalue weighted by molar-refractivity contribution is 0.0686. The van der Waals surface area contributed by atoms with E-state index in [4.69, 9.17) is 16.8 Å². The number of hydrogen-bond acceptors (Lipinski definition) is 7. The van der Waals surface area contributed by atoms with Crippen molar-refractivity contribution in [3.8, 4) is 17.6 Å². The van der Waals surface area contributed by atoms with Crippen LogP contribution in [0.1, 0.15) is 31.8 Å². The Morgan fingerprint density at radius 1 is 0.967 bits per heavy atom. The molecule has 2 atom stereocenters. The summed E-state index contributed by atoms with van der Waals surface area (Å²) in [4.78, 5) is 33.1. The number of phenolic OH excluding ortho intramolecular Hbond substituents is 2. The number of nitriles is 1. The molecular weight excluding hydrogens is 392 g/mol. The smallest absolute Gasteiger partial charge is 0.350 e. The minimum Gasteiger partial charge on any atom is -0.507 e. The number of carboxylic acid groups (broad SMARTS) is 2. The standard InChI is InChI=1S/C20H14N4O6/c1-22-18(24-10-14-7-12(20(29)30)3-5-17(14)26)15(8-21)23-9-13-6-11(19(27)28)2-4-16(13)25/h2-7,9-10,15,18,25-26H,(H,27,28)(H,29,30)/b23-9?,24-10+. The first-order valence-electron chi connectivity index (χ1n) is 8.22. The zero-order valence-electron chi connectivity index (χ0n) is 15.2. The van der Waals surface area contributed by atoms with Gasteiger partial charge >= 0.3 is 18.1 Å². The Balaban J connectivity index is 2.29. The molecule has 0 spiro atoms. The van der Waals surface area contributed by atoms with Crippen molar-refractivity contribution in [1.29, 1.82) is 5.26 Å². The Morgan fingerprint density at radius 2 is 1.43 bits per heavy atom. The largest absolute Gasteiger partial charge is 0.507 e. The molecule has 0 aliphatic carbocycles. The maximum Gasteiger partial charge on any atom is 0.350 e. The zero-order chi connectivity index (χ0) is 22.3. The number of phenols is 2. The molecular formula is C20H14N4O6. The van der Waals surface area contributed by atoms with Crippen molar-refractivity contribution < 1.29 is 30.0 Å². The number of hydrogen-bond donors (Lipinski definition) is 4. The number of rotatable bonds is 7. The molecule has 2 aromatic rings. The van der Waals surface area contributed by atoms with E-state index < -0.39 is 24.1 Å². The highest BCUT2D eigenvalue weighted by molar-refractivity contribution is 5.93. The van der Waals surface area contributed by atoms with Crippen molar-refractivity contribution in [2.75, 3.05) is 0 Å². The van der Waals surface area contributed by atoms with E-state index in [1.54, 1.807) is 6.07 Å². The third kappa shape index (κ3) is 5.18. The van der Waals surface area contributed by atoms with Crippen molar-refractivity contribution in [3.05, 3.63) is 70.1 Å². The molecule has 4 N–H and O–H groups in total. The van der Waals surface area contributed by atoms with Gasteiger partial charge in [0.2, 0.25) is 6.04 Å². The molecule has 10 nitrogen and oxygen atoms in total. The van der Waals surface area contributed by atoms with Crippen LogP contribution in [0.15, 0.2) is 46.4 Å². The molecule has 0 radical (unpaired) electrons. The van der Waals surface area contributed by atoms with Crippen LogP contribution in [0, 0.1) is 17.9 Å². The van der Waals surface area contributed by atoms with Gasteiger partial charge in [0.25, 0.3) is 0 Å². The monoisotopic (exact) mass is 406 g/mol. The minimum atomic E-state index is -1.33. The molecule has 150 valence electrons. The van der Waals surface area contributed by atoms with Gasteiger partial charge in [0.1, 0.15) is 17.6 Å². The van der Waals surface area contributed by atoms with Crippen molar-refractivity contribution in [2.24, 2.45) is 9.98 Å². The minimum absolute atomic E-state index is 0.0367. The molecule has 2 aromatic carbocycles. The maximum absolute atomic E-state index is 11.0. The molecule has 0 heterocycles. The number of aromatic hydroxyl groups is 2. The summed E-state index contributed by atoms with van der Waals surface area (Å²) in [6.45, 7) is 7.24. The van der Waals surface area contributed by atoms with Crippen molar-refractivity contribution in [2.45, 2.75) is 12.2 Å². The van der Waals surface area contributed by atoms with E-state index in [2.05, 4.69) is 14.8 Å². The summed E-state index contributed by atoms with van der Waals surface area (Å²) >= 11 is 0. The van der Waals surface area contributed by atoms with Crippen LogP contribution in [0.2, 0.25) is 0 Å². The number of aliphatic imine (C=N–C) groups is 2. The van der Waals surface area contributed by atoms with Gasteiger partial charge in [0.05, 0.1) is 11.1 Å². The Bertz CT molecular complexity index is 1040. The summed E-state index contributed by atoms with van der Waals surface area (Å²) in [5.41, 5.74) is -0.126. The summed E-state index contributed by atoms with van der Waals surface area (Å²) in [5.74, 6) is -2.96. The van der Waals surface area contributed by atoms with E-state index in [1.807, 2.05) is 0 Å². The van der Waals surface area contributed by atoms with E-state index in [0.717, 1.165) is 36.7 Å². The van der Waals surface area contributed by atoms with Gasteiger partial charge in [-0.3, -0.25) is 9.84 Å². The molecule has 0 fully saturated rings. The second kappa shape index (κ2) is 9.48. The SMILES string of the molecule is [C-]#[N+]C(/N=C/c1cc(C(=O)O)ccc1O)C(C#N)N=Cc1cc(C(=O)O)ccc1O. The van der Waals surface area contributed by atoms with Crippen LogP contribution in [0.5, 0.6) is 11.5 Å². The Morgan fingerprint density at radius 3 is 1.83 bits per heavy atom. The summed E-state index contributed by atoms with van der Waals surface area (Å²) in [5, 5.41) is 47.0. The normalized spacial score (nSPS) is 12.9. The molecule has 0 bridgehead atoms. The molecule has 0 saturated heterocycles. The number of aromatic carboxylic acids is 2. The Kier molecular flexibility index (Phi) is 6.83. The van der Waals surface area contributed by atoms with Crippen LogP contribution in [-0.4, -0.2) is 57.0 Å². The predicted molar refractivity (Wildman–Crippen MR) is 105 cm³/mol. The van der Waals surface area contributed by atoms with Crippen LogP contribution in [-0.2, 0) is 0 Å². The molecule has 0 aromatic heterocycles. The highest BCUT2D eigenvalue weighted by Crippen LogP contribution is 2.19. The second-order valence-corrected chi connectivity index (χ2v) is 5.83. The number of nitrogens with zero attached hydrogens (tertiary/aromatic N) is 4. The highest BCUT2D eigenvalue weighted by Gasteiger charge is 2.24. The average Bonchev–Trinajstić information content (AvgIpc) is 2.72. The summed E-state index contributed by atoms with van der Waals surface area (Å²) in [6.07, 6.45) is 0.794. The van der Waals surface area contributed by atoms with E-state index in [1.165, 1.54) is 12.1 Å². The summed E-state index contributed by atoms with van der Waals surface area (Å²) in [6, 6.07) is 7.50. The van der Waals surface area contributed by atoms with Crippen molar-refractivity contribution >= 4 is 24.4 Å². The maximum atomic E-state index is 11.0. The van der Waals surface area contributed by atoms with Gasteiger partial charge in [0.15, 0.2) is 0 Å². The molecule has 2 unspecified atom stereocenters. The van der Waals surface area contributed by atoms with E-state index in [-0.39, 0.29) is 33.8 Å². The van der Waals surface area contributed by atoms with Crippen LogP contribution in [0.3, 0.4) is 0 Å². The first-order chi connectivity index (χ1) is 14.3. The molecule has 0 aliphatic rings. The van der Waals surface area contributed by atoms with E-state index >= 15 is 0 Å². The molecule has 0 amide bonds. The fourth-order valence-electron chi connectivity index (χ4n) is 2.26. The average molecular weight is 406 g/mol.